The van der Waals surface area contributed by atoms with Crippen LogP contribution in [0.3, 0.4) is 0 Å². The lowest BCUT2D eigenvalue weighted by atomic mass is 10.0. The molecule has 3 aromatic rings. The summed E-state index contributed by atoms with van der Waals surface area (Å²) in [5.41, 5.74) is 1.50. The number of nitrogens with zero attached hydrogens (tertiary/aromatic N) is 6. The zero-order valence-corrected chi connectivity index (χ0v) is 16.6. The molecular weight excluding hydrogens is 372 g/mol. The molecule has 2 aliphatic heterocycles. The summed E-state index contributed by atoms with van der Waals surface area (Å²) in [5.74, 6) is 0. The SMILES string of the molecule is O=c1ccnc2cc(-c3nnc(N4CCC(N5CCCCC5)CC4)s3)ccn12. The van der Waals surface area contributed by atoms with Gasteiger partial charge in [-0.15, -0.1) is 10.2 Å². The van der Waals surface area contributed by atoms with Crippen molar-refractivity contribution in [2.45, 2.75) is 38.1 Å². The highest BCUT2D eigenvalue weighted by molar-refractivity contribution is 7.18. The van der Waals surface area contributed by atoms with Crippen LogP contribution in [-0.4, -0.2) is 56.7 Å². The van der Waals surface area contributed by atoms with Crippen LogP contribution in [0.25, 0.3) is 16.2 Å². The van der Waals surface area contributed by atoms with Crippen LogP contribution in [0.15, 0.2) is 35.4 Å². The highest BCUT2D eigenvalue weighted by atomic mass is 32.1. The van der Waals surface area contributed by atoms with Crippen molar-refractivity contribution in [1.29, 1.82) is 0 Å². The van der Waals surface area contributed by atoms with Crippen molar-refractivity contribution in [3.8, 4) is 10.6 Å². The zero-order chi connectivity index (χ0) is 18.9. The Hall–Kier alpha value is -2.32. The summed E-state index contributed by atoms with van der Waals surface area (Å²) in [6.07, 6.45) is 9.81. The first-order valence-corrected chi connectivity index (χ1v) is 10.9. The van der Waals surface area contributed by atoms with Gasteiger partial charge in [0.1, 0.15) is 10.7 Å². The van der Waals surface area contributed by atoms with Gasteiger partial charge in [-0.25, -0.2) is 4.98 Å². The lowest BCUT2D eigenvalue weighted by Crippen LogP contribution is -2.46. The number of hydrogen-bond acceptors (Lipinski definition) is 7. The van der Waals surface area contributed by atoms with Crippen LogP contribution in [0, 0.1) is 0 Å². The van der Waals surface area contributed by atoms with Gasteiger partial charge in [-0.2, -0.15) is 0 Å². The molecule has 5 rings (SSSR count). The van der Waals surface area contributed by atoms with Crippen LogP contribution in [0.1, 0.15) is 32.1 Å². The van der Waals surface area contributed by atoms with Gasteiger partial charge in [-0.05, 0) is 50.9 Å². The minimum atomic E-state index is -0.0777. The molecule has 2 aliphatic rings. The topological polar surface area (TPSA) is 66.6 Å². The number of anilines is 1. The molecule has 146 valence electrons. The molecule has 0 aliphatic carbocycles. The Balaban J connectivity index is 1.29. The lowest BCUT2D eigenvalue weighted by molar-refractivity contribution is 0.141. The van der Waals surface area contributed by atoms with Crippen molar-refractivity contribution in [1.82, 2.24) is 24.5 Å². The van der Waals surface area contributed by atoms with Gasteiger partial charge in [-0.3, -0.25) is 9.20 Å². The molecule has 0 N–H and O–H groups in total. The molecule has 0 amide bonds. The summed E-state index contributed by atoms with van der Waals surface area (Å²) in [5, 5.41) is 10.7. The monoisotopic (exact) mass is 396 g/mol. The van der Waals surface area contributed by atoms with E-state index in [1.807, 2.05) is 12.1 Å². The molecule has 0 aromatic carbocycles. The molecule has 0 bridgehead atoms. The zero-order valence-electron chi connectivity index (χ0n) is 15.8. The van der Waals surface area contributed by atoms with Crippen LogP contribution in [0.5, 0.6) is 0 Å². The van der Waals surface area contributed by atoms with Crippen molar-refractivity contribution < 1.29 is 0 Å². The van der Waals surface area contributed by atoms with E-state index in [1.54, 1.807) is 23.7 Å². The van der Waals surface area contributed by atoms with E-state index in [1.165, 1.54) is 55.7 Å². The molecule has 8 heteroatoms. The summed E-state index contributed by atoms with van der Waals surface area (Å²) < 4.78 is 1.54. The normalized spacial score (nSPS) is 19.4. The van der Waals surface area contributed by atoms with E-state index < -0.39 is 0 Å². The average Bonchev–Trinajstić information content (AvgIpc) is 3.25. The summed E-state index contributed by atoms with van der Waals surface area (Å²) >= 11 is 1.62. The molecule has 2 saturated heterocycles. The first-order valence-electron chi connectivity index (χ1n) is 10.1. The summed E-state index contributed by atoms with van der Waals surface area (Å²) in [6.45, 7) is 4.63. The second kappa shape index (κ2) is 7.60. The molecular formula is C20H24N6OS. The van der Waals surface area contributed by atoms with E-state index >= 15 is 0 Å². The summed E-state index contributed by atoms with van der Waals surface area (Å²) in [7, 11) is 0. The fourth-order valence-electron chi connectivity index (χ4n) is 4.33. The van der Waals surface area contributed by atoms with E-state index in [4.69, 9.17) is 0 Å². The fourth-order valence-corrected chi connectivity index (χ4v) is 5.22. The minimum absolute atomic E-state index is 0.0777. The Kier molecular flexibility index (Phi) is 4.82. The fraction of sp³-hybridized carbons (Fsp3) is 0.500. The third-order valence-electron chi connectivity index (χ3n) is 5.90. The van der Waals surface area contributed by atoms with Gasteiger partial charge in [0.2, 0.25) is 5.13 Å². The number of piperidine rings is 2. The third kappa shape index (κ3) is 3.42. The smallest absolute Gasteiger partial charge is 0.257 e. The summed E-state index contributed by atoms with van der Waals surface area (Å²) in [6, 6.07) is 5.99. The number of hydrogen-bond donors (Lipinski definition) is 0. The molecule has 0 radical (unpaired) electrons. The Morgan fingerprint density at radius 2 is 1.82 bits per heavy atom. The second-order valence-electron chi connectivity index (χ2n) is 7.63. The summed E-state index contributed by atoms with van der Waals surface area (Å²) in [4.78, 5) is 21.2. The molecule has 3 aromatic heterocycles. The van der Waals surface area contributed by atoms with Crippen LogP contribution in [-0.2, 0) is 0 Å². The Morgan fingerprint density at radius 1 is 1.00 bits per heavy atom. The Bertz CT molecular complexity index is 1020. The van der Waals surface area contributed by atoms with Crippen molar-refractivity contribution in [2.75, 3.05) is 31.1 Å². The number of likely N-dealkylation sites (tertiary alicyclic amines) is 1. The first kappa shape index (κ1) is 17.8. The number of aromatic nitrogens is 4. The molecule has 0 unspecified atom stereocenters. The van der Waals surface area contributed by atoms with E-state index in [-0.39, 0.29) is 5.56 Å². The standard InChI is InChI=1S/C20H24N6OS/c27-18-4-8-21-17-14-15(5-13-26(17)18)19-22-23-20(28-19)25-11-6-16(7-12-25)24-9-2-1-3-10-24/h4-5,8,13-14,16H,1-3,6-7,9-12H2. The predicted molar refractivity (Wildman–Crippen MR) is 111 cm³/mol. The minimum Gasteiger partial charge on any atom is -0.347 e. The van der Waals surface area contributed by atoms with Gasteiger partial charge in [0, 0.05) is 43.2 Å². The highest BCUT2D eigenvalue weighted by Gasteiger charge is 2.27. The van der Waals surface area contributed by atoms with Gasteiger partial charge in [0.05, 0.1) is 0 Å². The molecule has 5 heterocycles. The highest BCUT2D eigenvalue weighted by Crippen LogP contribution is 2.31. The van der Waals surface area contributed by atoms with E-state index in [9.17, 15) is 4.79 Å². The quantitative estimate of drug-likeness (QED) is 0.678. The molecule has 28 heavy (non-hydrogen) atoms. The second-order valence-corrected chi connectivity index (χ2v) is 8.59. The third-order valence-corrected chi connectivity index (χ3v) is 6.93. The van der Waals surface area contributed by atoms with Crippen molar-refractivity contribution in [2.24, 2.45) is 0 Å². The lowest BCUT2D eigenvalue weighted by Gasteiger charge is -2.40. The maximum absolute atomic E-state index is 11.9. The molecule has 2 fully saturated rings. The van der Waals surface area contributed by atoms with Crippen LogP contribution >= 0.6 is 11.3 Å². The number of fused-ring (bicyclic) bond motifs is 1. The number of pyridine rings is 1. The van der Waals surface area contributed by atoms with Gasteiger partial charge < -0.3 is 9.80 Å². The van der Waals surface area contributed by atoms with E-state index in [2.05, 4.69) is 25.0 Å². The number of rotatable bonds is 3. The van der Waals surface area contributed by atoms with Crippen molar-refractivity contribution >= 4 is 22.1 Å². The Morgan fingerprint density at radius 3 is 2.64 bits per heavy atom. The Labute approximate surface area is 167 Å². The van der Waals surface area contributed by atoms with E-state index in [0.717, 1.165) is 34.8 Å². The molecule has 0 spiro atoms. The largest absolute Gasteiger partial charge is 0.347 e. The average molecular weight is 397 g/mol. The predicted octanol–water partition coefficient (Wildman–Crippen LogP) is 2.67. The van der Waals surface area contributed by atoms with Crippen molar-refractivity contribution in [3.63, 3.8) is 0 Å². The maximum Gasteiger partial charge on any atom is 0.257 e. The first-order chi connectivity index (χ1) is 13.8. The van der Waals surface area contributed by atoms with Gasteiger partial charge in [-0.1, -0.05) is 17.8 Å². The molecule has 0 saturated carbocycles. The van der Waals surface area contributed by atoms with E-state index in [0.29, 0.717) is 5.65 Å². The van der Waals surface area contributed by atoms with Crippen LogP contribution in [0.4, 0.5) is 5.13 Å². The molecule has 7 nitrogen and oxygen atoms in total. The van der Waals surface area contributed by atoms with Gasteiger partial charge in [0.25, 0.3) is 5.56 Å². The molecule has 0 atom stereocenters. The van der Waals surface area contributed by atoms with Crippen LogP contribution in [0.2, 0.25) is 0 Å². The van der Waals surface area contributed by atoms with Crippen LogP contribution < -0.4 is 10.5 Å². The van der Waals surface area contributed by atoms with Gasteiger partial charge >= 0.3 is 0 Å². The van der Waals surface area contributed by atoms with Crippen molar-refractivity contribution in [3.05, 3.63) is 40.9 Å². The maximum atomic E-state index is 11.9. The van der Waals surface area contributed by atoms with Gasteiger partial charge in [0.15, 0.2) is 0 Å².